The zero-order valence-electron chi connectivity index (χ0n) is 9.03. The van der Waals surface area contributed by atoms with E-state index in [9.17, 15) is 4.39 Å². The van der Waals surface area contributed by atoms with Gasteiger partial charge in [-0.05, 0) is 18.2 Å². The van der Waals surface area contributed by atoms with Gasteiger partial charge in [0.05, 0.1) is 5.69 Å². The van der Waals surface area contributed by atoms with Gasteiger partial charge in [-0.3, -0.25) is 4.57 Å². The van der Waals surface area contributed by atoms with Gasteiger partial charge >= 0.3 is 0 Å². The Morgan fingerprint density at radius 2 is 2.12 bits per heavy atom. The third-order valence-electron chi connectivity index (χ3n) is 2.36. The van der Waals surface area contributed by atoms with E-state index in [1.807, 2.05) is 0 Å². The molecule has 2 rings (SSSR count). The van der Waals surface area contributed by atoms with E-state index in [2.05, 4.69) is 15.5 Å². The van der Waals surface area contributed by atoms with Crippen molar-refractivity contribution < 1.29 is 4.39 Å². The lowest BCUT2D eigenvalue weighted by atomic mass is 10.2. The molecule has 5 nitrogen and oxygen atoms in total. The maximum atomic E-state index is 13.3. The van der Waals surface area contributed by atoms with Gasteiger partial charge in [0.25, 0.3) is 0 Å². The summed E-state index contributed by atoms with van der Waals surface area (Å²) < 4.78 is 15.0. The lowest BCUT2D eigenvalue weighted by molar-refractivity contribution is 0.632. The Kier molecular flexibility index (Phi) is 2.47. The molecule has 0 aliphatic rings. The second kappa shape index (κ2) is 3.80. The summed E-state index contributed by atoms with van der Waals surface area (Å²) >= 11 is 0. The first-order valence-corrected chi connectivity index (χ1v) is 4.76. The highest BCUT2D eigenvalue weighted by molar-refractivity contribution is 5.60. The summed E-state index contributed by atoms with van der Waals surface area (Å²) in [6.07, 6.45) is 0. The fourth-order valence-electron chi connectivity index (χ4n) is 1.46. The van der Waals surface area contributed by atoms with Gasteiger partial charge in [0.1, 0.15) is 5.82 Å². The molecule has 0 fully saturated rings. The molecule has 6 heteroatoms. The zero-order valence-corrected chi connectivity index (χ0v) is 9.03. The fourth-order valence-corrected chi connectivity index (χ4v) is 1.46. The first kappa shape index (κ1) is 10.4. The van der Waals surface area contributed by atoms with E-state index in [4.69, 9.17) is 5.73 Å². The van der Waals surface area contributed by atoms with Gasteiger partial charge < -0.3 is 11.1 Å². The number of hydrogen-bond acceptors (Lipinski definition) is 4. The molecular formula is C10H12FN5. The van der Waals surface area contributed by atoms with Crippen LogP contribution in [0.2, 0.25) is 0 Å². The van der Waals surface area contributed by atoms with E-state index < -0.39 is 5.82 Å². The van der Waals surface area contributed by atoms with Gasteiger partial charge in [0, 0.05) is 19.7 Å². The number of nitrogens with one attached hydrogen (secondary N) is 1. The highest BCUT2D eigenvalue weighted by atomic mass is 19.1. The lowest BCUT2D eigenvalue weighted by Gasteiger charge is -2.04. The number of nitrogens with two attached hydrogens (primary N) is 1. The molecule has 2 aromatic rings. The second-order valence-corrected chi connectivity index (χ2v) is 3.39. The third kappa shape index (κ3) is 1.58. The Morgan fingerprint density at radius 3 is 2.69 bits per heavy atom. The van der Waals surface area contributed by atoms with E-state index in [1.165, 1.54) is 12.1 Å². The van der Waals surface area contributed by atoms with Gasteiger partial charge in [-0.2, -0.15) is 0 Å². The number of rotatable bonds is 2. The minimum atomic E-state index is -0.452. The topological polar surface area (TPSA) is 68.8 Å². The SMILES string of the molecule is CNc1nnc(-c2ccc(N)c(F)c2)n1C. The molecule has 0 atom stereocenters. The monoisotopic (exact) mass is 221 g/mol. The van der Waals surface area contributed by atoms with Crippen LogP contribution in [-0.4, -0.2) is 21.8 Å². The molecule has 0 radical (unpaired) electrons. The van der Waals surface area contributed by atoms with Crippen molar-refractivity contribution in [3.05, 3.63) is 24.0 Å². The number of benzene rings is 1. The number of hydrogen-bond donors (Lipinski definition) is 2. The van der Waals surface area contributed by atoms with Crippen LogP contribution in [0.4, 0.5) is 16.0 Å². The minimum Gasteiger partial charge on any atom is -0.396 e. The minimum absolute atomic E-state index is 0.125. The average Bonchev–Trinajstić information content (AvgIpc) is 2.64. The van der Waals surface area contributed by atoms with Crippen molar-refractivity contribution in [1.29, 1.82) is 0 Å². The van der Waals surface area contributed by atoms with Crippen LogP contribution in [0.15, 0.2) is 18.2 Å². The first-order chi connectivity index (χ1) is 7.63. The number of nitrogens with zero attached hydrogens (tertiary/aromatic N) is 3. The van der Waals surface area contributed by atoms with E-state index in [1.54, 1.807) is 24.7 Å². The van der Waals surface area contributed by atoms with Crippen LogP contribution >= 0.6 is 0 Å². The molecule has 0 aliphatic carbocycles. The Hall–Kier alpha value is -2.11. The molecule has 0 unspecified atom stereocenters. The standard InChI is InChI=1S/C10H12FN5/c1-13-10-15-14-9(16(10)2)6-3-4-8(12)7(11)5-6/h3-5H,12H2,1-2H3,(H,13,15). The summed E-state index contributed by atoms with van der Waals surface area (Å²) in [5.41, 5.74) is 6.17. The van der Waals surface area contributed by atoms with Gasteiger partial charge in [-0.15, -0.1) is 10.2 Å². The van der Waals surface area contributed by atoms with Crippen molar-refractivity contribution in [3.8, 4) is 11.4 Å². The van der Waals surface area contributed by atoms with Gasteiger partial charge in [0.15, 0.2) is 5.82 Å². The van der Waals surface area contributed by atoms with E-state index in [0.717, 1.165) is 0 Å². The summed E-state index contributed by atoms with van der Waals surface area (Å²) in [6.45, 7) is 0. The molecule has 16 heavy (non-hydrogen) atoms. The largest absolute Gasteiger partial charge is 0.396 e. The van der Waals surface area contributed by atoms with Crippen molar-refractivity contribution in [1.82, 2.24) is 14.8 Å². The third-order valence-corrected chi connectivity index (χ3v) is 2.36. The first-order valence-electron chi connectivity index (χ1n) is 4.76. The smallest absolute Gasteiger partial charge is 0.224 e. The van der Waals surface area contributed by atoms with Gasteiger partial charge in [0.2, 0.25) is 5.95 Å². The van der Waals surface area contributed by atoms with E-state index >= 15 is 0 Å². The van der Waals surface area contributed by atoms with Crippen molar-refractivity contribution in [2.24, 2.45) is 7.05 Å². The molecule has 1 heterocycles. The van der Waals surface area contributed by atoms with Crippen molar-refractivity contribution in [2.75, 3.05) is 18.1 Å². The fraction of sp³-hybridized carbons (Fsp3) is 0.200. The van der Waals surface area contributed by atoms with E-state index in [-0.39, 0.29) is 5.69 Å². The van der Waals surface area contributed by atoms with Crippen LogP contribution in [0, 0.1) is 5.82 Å². The Morgan fingerprint density at radius 1 is 1.38 bits per heavy atom. The summed E-state index contributed by atoms with van der Waals surface area (Å²) in [4.78, 5) is 0. The summed E-state index contributed by atoms with van der Waals surface area (Å²) in [5, 5.41) is 10.8. The number of aromatic nitrogens is 3. The van der Waals surface area contributed by atoms with Crippen LogP contribution in [0.3, 0.4) is 0 Å². The molecule has 0 saturated carbocycles. The Labute approximate surface area is 92.1 Å². The summed E-state index contributed by atoms with van der Waals surface area (Å²) in [7, 11) is 3.55. The molecule has 0 amide bonds. The van der Waals surface area contributed by atoms with Gasteiger partial charge in [-0.1, -0.05) is 0 Å². The molecule has 3 N–H and O–H groups in total. The van der Waals surface area contributed by atoms with Crippen molar-refractivity contribution in [3.63, 3.8) is 0 Å². The van der Waals surface area contributed by atoms with Crippen LogP contribution in [0.5, 0.6) is 0 Å². The molecular weight excluding hydrogens is 209 g/mol. The van der Waals surface area contributed by atoms with Crippen LogP contribution in [-0.2, 0) is 7.05 Å². The summed E-state index contributed by atoms with van der Waals surface area (Å²) in [5.74, 6) is 0.752. The maximum absolute atomic E-state index is 13.3. The quantitative estimate of drug-likeness (QED) is 0.749. The second-order valence-electron chi connectivity index (χ2n) is 3.39. The number of nitrogen functional groups attached to an aromatic ring is 1. The normalized spacial score (nSPS) is 10.4. The van der Waals surface area contributed by atoms with Crippen LogP contribution < -0.4 is 11.1 Å². The average molecular weight is 221 g/mol. The number of halogens is 1. The highest BCUT2D eigenvalue weighted by Gasteiger charge is 2.10. The number of anilines is 2. The Balaban J connectivity index is 2.50. The van der Waals surface area contributed by atoms with Crippen LogP contribution in [0.25, 0.3) is 11.4 Å². The maximum Gasteiger partial charge on any atom is 0.224 e. The molecule has 0 spiro atoms. The molecule has 1 aromatic heterocycles. The van der Waals surface area contributed by atoms with Crippen molar-refractivity contribution in [2.45, 2.75) is 0 Å². The molecule has 0 saturated heterocycles. The molecule has 1 aromatic carbocycles. The lowest BCUT2D eigenvalue weighted by Crippen LogP contribution is -2.00. The van der Waals surface area contributed by atoms with Crippen molar-refractivity contribution >= 4 is 11.6 Å². The van der Waals surface area contributed by atoms with Crippen LogP contribution in [0.1, 0.15) is 0 Å². The summed E-state index contributed by atoms with van der Waals surface area (Å²) in [6, 6.07) is 4.57. The molecule has 84 valence electrons. The Bertz CT molecular complexity index is 520. The predicted octanol–water partition coefficient (Wildman–Crippen LogP) is 1.25. The van der Waals surface area contributed by atoms with Gasteiger partial charge in [-0.25, -0.2) is 4.39 Å². The predicted molar refractivity (Wildman–Crippen MR) is 60.4 cm³/mol. The molecule has 0 bridgehead atoms. The zero-order chi connectivity index (χ0) is 11.7. The molecule has 0 aliphatic heterocycles. The highest BCUT2D eigenvalue weighted by Crippen LogP contribution is 2.22. The van der Waals surface area contributed by atoms with E-state index in [0.29, 0.717) is 17.3 Å².